The lowest BCUT2D eigenvalue weighted by molar-refractivity contribution is -0.122. The van der Waals surface area contributed by atoms with Crippen LogP contribution in [-0.2, 0) is 4.79 Å². The summed E-state index contributed by atoms with van der Waals surface area (Å²) in [6.45, 7) is 3.75. The van der Waals surface area contributed by atoms with Gasteiger partial charge in [-0.15, -0.1) is 6.58 Å². The van der Waals surface area contributed by atoms with Crippen molar-refractivity contribution in [2.45, 2.75) is 0 Å². The summed E-state index contributed by atoms with van der Waals surface area (Å²) in [5.41, 5.74) is 0.681. The first-order chi connectivity index (χ1) is 10.1. The van der Waals surface area contributed by atoms with Gasteiger partial charge in [0.25, 0.3) is 11.1 Å². The first-order valence-electron chi connectivity index (χ1n) is 6.19. The van der Waals surface area contributed by atoms with Crippen molar-refractivity contribution >= 4 is 29.0 Å². The second kappa shape index (κ2) is 6.49. The first-order valence-corrected chi connectivity index (χ1v) is 7.00. The SMILES string of the molecule is C=CCN1C(=O)S/C(=C/c2cc(OC)ccc2OC)C1=O. The van der Waals surface area contributed by atoms with Crippen molar-refractivity contribution in [2.24, 2.45) is 0 Å². The smallest absolute Gasteiger partial charge is 0.293 e. The minimum atomic E-state index is -0.324. The Balaban J connectivity index is 2.38. The summed E-state index contributed by atoms with van der Waals surface area (Å²) in [6, 6.07) is 5.26. The zero-order chi connectivity index (χ0) is 15.4. The molecule has 2 amide bonds. The molecule has 0 aliphatic carbocycles. The molecule has 0 radical (unpaired) electrons. The minimum Gasteiger partial charge on any atom is -0.497 e. The molecule has 1 heterocycles. The van der Waals surface area contributed by atoms with Crippen LogP contribution in [0, 0.1) is 0 Å². The van der Waals surface area contributed by atoms with E-state index in [1.807, 2.05) is 0 Å². The predicted octanol–water partition coefficient (Wildman–Crippen LogP) is 2.93. The van der Waals surface area contributed by atoms with Crippen LogP contribution in [0.25, 0.3) is 6.08 Å². The zero-order valence-electron chi connectivity index (χ0n) is 11.8. The molecular formula is C15H15NO4S. The number of hydrogen-bond acceptors (Lipinski definition) is 5. The van der Waals surface area contributed by atoms with Gasteiger partial charge in [-0.3, -0.25) is 14.5 Å². The van der Waals surface area contributed by atoms with E-state index >= 15 is 0 Å². The Morgan fingerprint density at radius 2 is 2.05 bits per heavy atom. The van der Waals surface area contributed by atoms with Gasteiger partial charge < -0.3 is 9.47 Å². The van der Waals surface area contributed by atoms with Gasteiger partial charge in [0.05, 0.1) is 19.1 Å². The number of thioether (sulfide) groups is 1. The highest BCUT2D eigenvalue weighted by Crippen LogP contribution is 2.34. The van der Waals surface area contributed by atoms with Gasteiger partial charge in [0.2, 0.25) is 0 Å². The molecule has 0 aromatic heterocycles. The third-order valence-electron chi connectivity index (χ3n) is 2.91. The average molecular weight is 305 g/mol. The monoisotopic (exact) mass is 305 g/mol. The van der Waals surface area contributed by atoms with Gasteiger partial charge in [-0.2, -0.15) is 0 Å². The molecule has 2 rings (SSSR count). The van der Waals surface area contributed by atoms with Crippen LogP contribution in [0.4, 0.5) is 4.79 Å². The van der Waals surface area contributed by atoms with E-state index in [2.05, 4.69) is 6.58 Å². The van der Waals surface area contributed by atoms with Crippen LogP contribution in [0.2, 0.25) is 0 Å². The summed E-state index contributed by atoms with van der Waals surface area (Å²) in [7, 11) is 3.10. The highest BCUT2D eigenvalue weighted by molar-refractivity contribution is 8.18. The third kappa shape index (κ3) is 3.11. The van der Waals surface area contributed by atoms with Crippen molar-refractivity contribution in [3.63, 3.8) is 0 Å². The quantitative estimate of drug-likeness (QED) is 0.618. The second-order valence-electron chi connectivity index (χ2n) is 4.19. The van der Waals surface area contributed by atoms with Crippen LogP contribution < -0.4 is 9.47 Å². The van der Waals surface area contributed by atoms with Gasteiger partial charge in [0.15, 0.2) is 0 Å². The van der Waals surface area contributed by atoms with Crippen molar-refractivity contribution in [2.75, 3.05) is 20.8 Å². The van der Waals surface area contributed by atoms with Crippen molar-refractivity contribution in [3.8, 4) is 11.5 Å². The van der Waals surface area contributed by atoms with Gasteiger partial charge in [-0.25, -0.2) is 0 Å². The molecule has 21 heavy (non-hydrogen) atoms. The van der Waals surface area contributed by atoms with E-state index in [0.717, 1.165) is 16.7 Å². The molecule has 1 aromatic rings. The lowest BCUT2D eigenvalue weighted by Gasteiger charge is -2.09. The molecule has 0 spiro atoms. The molecule has 5 nitrogen and oxygen atoms in total. The molecule has 0 bridgehead atoms. The maximum atomic E-state index is 12.2. The molecular weight excluding hydrogens is 290 g/mol. The molecule has 6 heteroatoms. The molecule has 1 aliphatic rings. The number of benzene rings is 1. The Morgan fingerprint density at radius 1 is 1.29 bits per heavy atom. The molecule has 1 saturated heterocycles. The summed E-state index contributed by atoms with van der Waals surface area (Å²) < 4.78 is 10.4. The first kappa shape index (κ1) is 15.2. The maximum Gasteiger partial charge on any atom is 0.293 e. The van der Waals surface area contributed by atoms with Crippen LogP contribution in [0.5, 0.6) is 11.5 Å². The number of nitrogens with zero attached hydrogens (tertiary/aromatic N) is 1. The van der Waals surface area contributed by atoms with Gasteiger partial charge in [-0.1, -0.05) is 6.08 Å². The molecule has 0 atom stereocenters. The Kier molecular flexibility index (Phi) is 4.70. The normalized spacial score (nSPS) is 16.5. The molecule has 1 fully saturated rings. The fourth-order valence-electron chi connectivity index (χ4n) is 1.88. The average Bonchev–Trinajstić information content (AvgIpc) is 2.75. The topological polar surface area (TPSA) is 55.8 Å². The summed E-state index contributed by atoms with van der Waals surface area (Å²) >= 11 is 0.904. The Hall–Kier alpha value is -2.21. The van der Waals surface area contributed by atoms with Crippen LogP contribution in [0.1, 0.15) is 5.56 Å². The van der Waals surface area contributed by atoms with E-state index < -0.39 is 0 Å². The highest BCUT2D eigenvalue weighted by atomic mass is 32.2. The number of imide groups is 1. The van der Waals surface area contributed by atoms with E-state index in [0.29, 0.717) is 22.0 Å². The van der Waals surface area contributed by atoms with Gasteiger partial charge in [-0.05, 0) is 36.0 Å². The van der Waals surface area contributed by atoms with E-state index in [1.165, 1.54) is 6.08 Å². The Bertz CT molecular complexity index is 624. The van der Waals surface area contributed by atoms with Crippen LogP contribution in [-0.4, -0.2) is 36.8 Å². The van der Waals surface area contributed by atoms with Crippen LogP contribution in [0.3, 0.4) is 0 Å². The van der Waals surface area contributed by atoms with Gasteiger partial charge in [0.1, 0.15) is 11.5 Å². The standard InChI is InChI=1S/C15H15NO4S/c1-4-7-16-14(17)13(21-15(16)18)9-10-8-11(19-2)5-6-12(10)20-3/h4-6,8-9H,1,7H2,2-3H3/b13-9+. The second-order valence-corrected chi connectivity index (χ2v) is 5.18. The number of carbonyl (C=O) groups excluding carboxylic acids is 2. The number of amides is 2. The van der Waals surface area contributed by atoms with Crippen LogP contribution in [0.15, 0.2) is 35.8 Å². The Labute approximate surface area is 127 Å². The summed E-state index contributed by atoms with van der Waals surface area (Å²) in [4.78, 5) is 25.4. The van der Waals surface area contributed by atoms with Gasteiger partial charge in [0, 0.05) is 12.1 Å². The summed E-state index contributed by atoms with van der Waals surface area (Å²) in [5, 5.41) is -0.298. The van der Waals surface area contributed by atoms with E-state index in [-0.39, 0.29) is 17.7 Å². The molecule has 0 N–H and O–H groups in total. The Morgan fingerprint density at radius 3 is 2.67 bits per heavy atom. The van der Waals surface area contributed by atoms with E-state index in [9.17, 15) is 9.59 Å². The molecule has 0 unspecified atom stereocenters. The van der Waals surface area contributed by atoms with Crippen molar-refractivity contribution in [1.29, 1.82) is 0 Å². The highest BCUT2D eigenvalue weighted by Gasteiger charge is 2.34. The number of methoxy groups -OCH3 is 2. The van der Waals surface area contributed by atoms with Crippen molar-refractivity contribution < 1.29 is 19.1 Å². The van der Waals surface area contributed by atoms with Gasteiger partial charge >= 0.3 is 0 Å². The van der Waals surface area contributed by atoms with Crippen molar-refractivity contribution in [1.82, 2.24) is 4.90 Å². The largest absolute Gasteiger partial charge is 0.497 e. The number of rotatable bonds is 5. The fraction of sp³-hybridized carbons (Fsp3) is 0.200. The summed E-state index contributed by atoms with van der Waals surface area (Å²) in [5.74, 6) is 0.925. The lowest BCUT2D eigenvalue weighted by atomic mass is 10.1. The molecule has 110 valence electrons. The number of hydrogen-bond donors (Lipinski definition) is 0. The predicted molar refractivity (Wildman–Crippen MR) is 82.4 cm³/mol. The van der Waals surface area contributed by atoms with E-state index in [4.69, 9.17) is 9.47 Å². The lowest BCUT2D eigenvalue weighted by Crippen LogP contribution is -2.27. The molecule has 1 aromatic carbocycles. The van der Waals surface area contributed by atoms with Crippen LogP contribution >= 0.6 is 11.8 Å². The zero-order valence-corrected chi connectivity index (χ0v) is 12.6. The summed E-state index contributed by atoms with van der Waals surface area (Å²) in [6.07, 6.45) is 3.15. The molecule has 0 saturated carbocycles. The molecule has 1 aliphatic heterocycles. The third-order valence-corrected chi connectivity index (χ3v) is 3.82. The fourth-order valence-corrected chi connectivity index (χ4v) is 2.72. The number of carbonyl (C=O) groups is 2. The maximum absolute atomic E-state index is 12.2. The van der Waals surface area contributed by atoms with E-state index in [1.54, 1.807) is 38.5 Å². The minimum absolute atomic E-state index is 0.206. The number of ether oxygens (including phenoxy) is 2. The van der Waals surface area contributed by atoms with Crippen molar-refractivity contribution in [3.05, 3.63) is 41.3 Å².